The van der Waals surface area contributed by atoms with E-state index in [0.29, 0.717) is 6.10 Å². The number of nitrogens with one attached hydrogen (secondary N) is 1. The highest BCUT2D eigenvalue weighted by Gasteiger charge is 2.17. The summed E-state index contributed by atoms with van der Waals surface area (Å²) in [7, 11) is 0. The van der Waals surface area contributed by atoms with Gasteiger partial charge in [-0.2, -0.15) is 0 Å². The van der Waals surface area contributed by atoms with Gasteiger partial charge in [0.25, 0.3) is 0 Å². The molecule has 1 unspecified atom stereocenters. The molecule has 0 amide bonds. The van der Waals surface area contributed by atoms with Crippen molar-refractivity contribution in [2.75, 3.05) is 39.3 Å². The molecule has 1 atom stereocenters. The number of hydrogen-bond acceptors (Lipinski definition) is 3. The van der Waals surface area contributed by atoms with E-state index in [1.165, 1.54) is 0 Å². The van der Waals surface area contributed by atoms with Crippen molar-refractivity contribution in [3.05, 3.63) is 12.7 Å². The maximum Gasteiger partial charge on any atom is 0.0826 e. The Balaban J connectivity index is 2.14. The van der Waals surface area contributed by atoms with Crippen molar-refractivity contribution in [3.8, 4) is 0 Å². The van der Waals surface area contributed by atoms with Crippen LogP contribution in [0.15, 0.2) is 12.7 Å². The van der Waals surface area contributed by atoms with Gasteiger partial charge in [0, 0.05) is 26.2 Å². The Morgan fingerprint density at radius 2 is 2.54 bits per heavy atom. The zero-order valence-corrected chi connectivity index (χ0v) is 8.46. The Bertz CT molecular complexity index is 150. The lowest BCUT2D eigenvalue weighted by atomic mass is 10.2. The molecule has 0 radical (unpaired) electrons. The summed E-state index contributed by atoms with van der Waals surface area (Å²) in [6.07, 6.45) is 2.23. The van der Waals surface area contributed by atoms with Crippen molar-refractivity contribution in [1.82, 2.24) is 10.2 Å². The van der Waals surface area contributed by atoms with Crippen LogP contribution in [0.4, 0.5) is 0 Å². The first-order valence-electron chi connectivity index (χ1n) is 5.02. The largest absolute Gasteiger partial charge is 0.374 e. The van der Waals surface area contributed by atoms with Crippen molar-refractivity contribution in [2.24, 2.45) is 0 Å². The van der Waals surface area contributed by atoms with E-state index in [1.807, 2.05) is 6.08 Å². The highest BCUT2D eigenvalue weighted by Crippen LogP contribution is 2.03. The van der Waals surface area contributed by atoms with Gasteiger partial charge in [0.1, 0.15) is 0 Å². The van der Waals surface area contributed by atoms with Crippen molar-refractivity contribution in [3.63, 3.8) is 0 Å². The van der Waals surface area contributed by atoms with Gasteiger partial charge in [0.05, 0.1) is 12.7 Å². The van der Waals surface area contributed by atoms with Crippen LogP contribution in [0, 0.1) is 0 Å². The molecule has 0 bridgehead atoms. The Morgan fingerprint density at radius 1 is 1.69 bits per heavy atom. The van der Waals surface area contributed by atoms with Crippen LogP contribution in [0.3, 0.4) is 0 Å². The Morgan fingerprint density at radius 3 is 3.23 bits per heavy atom. The summed E-state index contributed by atoms with van der Waals surface area (Å²) < 4.78 is 5.62. The van der Waals surface area contributed by atoms with Crippen LogP contribution in [-0.4, -0.2) is 50.3 Å². The smallest absolute Gasteiger partial charge is 0.0826 e. The molecule has 1 rings (SSSR count). The molecule has 1 saturated heterocycles. The lowest BCUT2D eigenvalue weighted by Crippen LogP contribution is -2.46. The third-order valence-electron chi connectivity index (χ3n) is 2.33. The minimum absolute atomic E-state index is 0.355. The number of likely N-dealkylation sites (N-methyl/N-ethyl adjacent to an activating group) is 1. The summed E-state index contributed by atoms with van der Waals surface area (Å²) in [5.74, 6) is 0. The Hall–Kier alpha value is -0.380. The van der Waals surface area contributed by atoms with Gasteiger partial charge in [0.15, 0.2) is 0 Å². The van der Waals surface area contributed by atoms with Gasteiger partial charge in [-0.15, -0.1) is 6.58 Å². The van der Waals surface area contributed by atoms with E-state index in [0.717, 1.165) is 39.3 Å². The van der Waals surface area contributed by atoms with E-state index in [4.69, 9.17) is 4.74 Å². The predicted molar refractivity (Wildman–Crippen MR) is 54.9 cm³/mol. The average Bonchev–Trinajstić information content (AvgIpc) is 2.19. The molecule has 1 fully saturated rings. The predicted octanol–water partition coefficient (Wildman–Crippen LogP) is 0.483. The topological polar surface area (TPSA) is 24.5 Å². The molecule has 1 aliphatic rings. The van der Waals surface area contributed by atoms with E-state index < -0.39 is 0 Å². The van der Waals surface area contributed by atoms with E-state index >= 15 is 0 Å². The third-order valence-corrected chi connectivity index (χ3v) is 2.33. The van der Waals surface area contributed by atoms with Crippen molar-refractivity contribution in [2.45, 2.75) is 13.0 Å². The molecule has 1 heterocycles. The van der Waals surface area contributed by atoms with Gasteiger partial charge in [-0.1, -0.05) is 13.0 Å². The van der Waals surface area contributed by atoms with Crippen molar-refractivity contribution in [1.29, 1.82) is 0 Å². The van der Waals surface area contributed by atoms with E-state index in [2.05, 4.69) is 23.7 Å². The summed E-state index contributed by atoms with van der Waals surface area (Å²) in [4.78, 5) is 2.42. The Labute approximate surface area is 80.8 Å². The molecule has 0 aromatic rings. The maximum atomic E-state index is 5.62. The first-order valence-corrected chi connectivity index (χ1v) is 5.02. The van der Waals surface area contributed by atoms with Gasteiger partial charge in [0.2, 0.25) is 0 Å². The molecule has 3 heteroatoms. The number of hydrogen-bond donors (Lipinski definition) is 1. The molecule has 0 aliphatic carbocycles. The molecule has 1 aliphatic heterocycles. The summed E-state index contributed by atoms with van der Waals surface area (Å²) >= 11 is 0. The zero-order chi connectivity index (χ0) is 9.52. The first-order chi connectivity index (χ1) is 6.36. The molecule has 0 spiro atoms. The van der Waals surface area contributed by atoms with Gasteiger partial charge in [-0.3, -0.25) is 4.90 Å². The number of nitrogens with zero attached hydrogens (tertiary/aromatic N) is 1. The highest BCUT2D eigenvalue weighted by atomic mass is 16.5. The first kappa shape index (κ1) is 10.7. The van der Waals surface area contributed by atoms with E-state index in [-0.39, 0.29) is 0 Å². The van der Waals surface area contributed by atoms with Crippen LogP contribution in [0.2, 0.25) is 0 Å². The SMILES string of the molecule is C=CCNCC1CN(CC)CCO1. The van der Waals surface area contributed by atoms with Crippen molar-refractivity contribution >= 4 is 0 Å². The van der Waals surface area contributed by atoms with Gasteiger partial charge in [-0.05, 0) is 6.54 Å². The standard InChI is InChI=1S/C10H20N2O/c1-3-5-11-8-10-9-12(4-2)6-7-13-10/h3,10-11H,1,4-9H2,2H3. The van der Waals surface area contributed by atoms with E-state index in [9.17, 15) is 0 Å². The third kappa shape index (κ3) is 3.89. The molecule has 0 aromatic heterocycles. The second-order valence-corrected chi connectivity index (χ2v) is 3.33. The van der Waals surface area contributed by atoms with Crippen LogP contribution in [0.25, 0.3) is 0 Å². The highest BCUT2D eigenvalue weighted by molar-refractivity contribution is 4.75. The van der Waals surface area contributed by atoms with Crippen molar-refractivity contribution < 1.29 is 4.74 Å². The molecule has 1 N–H and O–H groups in total. The maximum absolute atomic E-state index is 5.62. The van der Waals surface area contributed by atoms with Gasteiger partial charge in [-0.25, -0.2) is 0 Å². The normalized spacial score (nSPS) is 24.5. The number of ether oxygens (including phenoxy) is 1. The minimum atomic E-state index is 0.355. The minimum Gasteiger partial charge on any atom is -0.374 e. The summed E-state index contributed by atoms with van der Waals surface area (Å²) in [6.45, 7) is 11.8. The number of rotatable bonds is 5. The van der Waals surface area contributed by atoms with Gasteiger partial charge < -0.3 is 10.1 Å². The average molecular weight is 184 g/mol. The summed E-state index contributed by atoms with van der Waals surface area (Å²) in [5.41, 5.74) is 0. The lowest BCUT2D eigenvalue weighted by molar-refractivity contribution is -0.0248. The van der Waals surface area contributed by atoms with E-state index in [1.54, 1.807) is 0 Å². The quantitative estimate of drug-likeness (QED) is 0.497. The van der Waals surface area contributed by atoms with Crippen LogP contribution in [-0.2, 0) is 4.74 Å². The fraction of sp³-hybridized carbons (Fsp3) is 0.800. The van der Waals surface area contributed by atoms with Gasteiger partial charge >= 0.3 is 0 Å². The van der Waals surface area contributed by atoms with Crippen LogP contribution < -0.4 is 5.32 Å². The second-order valence-electron chi connectivity index (χ2n) is 3.33. The fourth-order valence-corrected chi connectivity index (χ4v) is 1.54. The lowest BCUT2D eigenvalue weighted by Gasteiger charge is -2.32. The molecule has 76 valence electrons. The van der Waals surface area contributed by atoms with Crippen LogP contribution >= 0.6 is 0 Å². The molecule has 3 nitrogen and oxygen atoms in total. The monoisotopic (exact) mass is 184 g/mol. The molecule has 0 aromatic carbocycles. The molecule has 0 saturated carbocycles. The molecular weight excluding hydrogens is 164 g/mol. The van der Waals surface area contributed by atoms with Crippen LogP contribution in [0.1, 0.15) is 6.92 Å². The number of morpholine rings is 1. The molecule has 13 heavy (non-hydrogen) atoms. The van der Waals surface area contributed by atoms with Crippen LogP contribution in [0.5, 0.6) is 0 Å². The molecular formula is C10H20N2O. The second kappa shape index (κ2) is 6.13. The fourth-order valence-electron chi connectivity index (χ4n) is 1.54. The Kier molecular flexibility index (Phi) is 5.05. The summed E-state index contributed by atoms with van der Waals surface area (Å²) in [6, 6.07) is 0. The zero-order valence-electron chi connectivity index (χ0n) is 8.46. The summed E-state index contributed by atoms with van der Waals surface area (Å²) in [5, 5.41) is 3.28.